The van der Waals surface area contributed by atoms with Crippen LogP contribution in [0, 0.1) is 6.92 Å². The third-order valence-electron chi connectivity index (χ3n) is 2.71. The van der Waals surface area contributed by atoms with Gasteiger partial charge in [0.2, 0.25) is 11.8 Å². The second-order valence-corrected chi connectivity index (χ2v) is 3.96. The fraction of sp³-hybridized carbons (Fsp3) is 0.333. The molecule has 1 aromatic carbocycles. The van der Waals surface area contributed by atoms with Gasteiger partial charge in [0, 0.05) is 12.1 Å². The SMILES string of the molecule is Cc1ccccc1NC1CCC(=O)NC1=O. The fourth-order valence-corrected chi connectivity index (χ4v) is 1.75. The molecule has 0 spiro atoms. The molecule has 2 rings (SSSR count). The van der Waals surface area contributed by atoms with Gasteiger partial charge in [-0.3, -0.25) is 14.9 Å². The molecule has 2 N–H and O–H groups in total. The Hall–Kier alpha value is -1.84. The summed E-state index contributed by atoms with van der Waals surface area (Å²) >= 11 is 0. The molecule has 84 valence electrons. The van der Waals surface area contributed by atoms with E-state index >= 15 is 0 Å². The first-order valence-corrected chi connectivity index (χ1v) is 5.32. The average molecular weight is 218 g/mol. The van der Waals surface area contributed by atoms with E-state index in [2.05, 4.69) is 10.6 Å². The van der Waals surface area contributed by atoms with Crippen LogP contribution in [0.2, 0.25) is 0 Å². The number of benzene rings is 1. The molecule has 1 atom stereocenters. The second kappa shape index (κ2) is 4.35. The number of imide groups is 1. The van der Waals surface area contributed by atoms with Crippen LogP contribution < -0.4 is 10.6 Å². The first-order chi connectivity index (χ1) is 7.66. The number of rotatable bonds is 2. The van der Waals surface area contributed by atoms with Gasteiger partial charge in [-0.1, -0.05) is 18.2 Å². The zero-order valence-corrected chi connectivity index (χ0v) is 9.12. The predicted molar refractivity (Wildman–Crippen MR) is 61.0 cm³/mol. The zero-order chi connectivity index (χ0) is 11.5. The summed E-state index contributed by atoms with van der Waals surface area (Å²) in [6.07, 6.45) is 0.953. The van der Waals surface area contributed by atoms with Crippen molar-refractivity contribution in [2.24, 2.45) is 0 Å². The summed E-state index contributed by atoms with van der Waals surface area (Å²) in [5.74, 6) is -0.424. The monoisotopic (exact) mass is 218 g/mol. The summed E-state index contributed by atoms with van der Waals surface area (Å²) < 4.78 is 0. The highest BCUT2D eigenvalue weighted by Crippen LogP contribution is 2.17. The van der Waals surface area contributed by atoms with Crippen LogP contribution in [0.15, 0.2) is 24.3 Å². The molecule has 1 aliphatic rings. The average Bonchev–Trinajstić information content (AvgIpc) is 2.25. The Morgan fingerprint density at radius 1 is 1.31 bits per heavy atom. The molecule has 2 amide bonds. The lowest BCUT2D eigenvalue weighted by molar-refractivity contribution is -0.133. The van der Waals surface area contributed by atoms with Crippen LogP contribution in [-0.2, 0) is 9.59 Å². The van der Waals surface area contributed by atoms with Crippen molar-refractivity contribution >= 4 is 17.5 Å². The van der Waals surface area contributed by atoms with Gasteiger partial charge in [0.25, 0.3) is 0 Å². The fourth-order valence-electron chi connectivity index (χ4n) is 1.75. The van der Waals surface area contributed by atoms with Crippen molar-refractivity contribution in [3.8, 4) is 0 Å². The van der Waals surface area contributed by atoms with Gasteiger partial charge in [-0.05, 0) is 25.0 Å². The highest BCUT2D eigenvalue weighted by molar-refractivity contribution is 6.01. The summed E-state index contributed by atoms with van der Waals surface area (Å²) in [6.45, 7) is 1.98. The molecule has 1 heterocycles. The lowest BCUT2D eigenvalue weighted by Crippen LogP contribution is -2.47. The van der Waals surface area contributed by atoms with E-state index in [9.17, 15) is 9.59 Å². The van der Waals surface area contributed by atoms with Crippen LogP contribution in [0.25, 0.3) is 0 Å². The van der Waals surface area contributed by atoms with Crippen LogP contribution in [0.4, 0.5) is 5.69 Å². The van der Waals surface area contributed by atoms with Crippen LogP contribution in [-0.4, -0.2) is 17.9 Å². The number of carbonyl (C=O) groups is 2. The Kier molecular flexibility index (Phi) is 2.90. The molecule has 0 saturated carbocycles. The number of piperidine rings is 1. The maximum Gasteiger partial charge on any atom is 0.249 e. The maximum atomic E-state index is 11.5. The van der Waals surface area contributed by atoms with E-state index < -0.39 is 0 Å². The van der Waals surface area contributed by atoms with Gasteiger partial charge < -0.3 is 5.32 Å². The predicted octanol–water partition coefficient (Wildman–Crippen LogP) is 1.21. The number of hydrogen-bond donors (Lipinski definition) is 2. The van der Waals surface area contributed by atoms with Crippen molar-refractivity contribution in [1.29, 1.82) is 0 Å². The van der Waals surface area contributed by atoms with Crippen LogP contribution >= 0.6 is 0 Å². The molecule has 16 heavy (non-hydrogen) atoms. The number of amides is 2. The van der Waals surface area contributed by atoms with Gasteiger partial charge in [-0.25, -0.2) is 0 Å². The summed E-state index contributed by atoms with van der Waals surface area (Å²) in [6, 6.07) is 7.47. The minimum Gasteiger partial charge on any atom is -0.373 e. The van der Waals surface area contributed by atoms with Gasteiger partial charge in [0.15, 0.2) is 0 Å². The number of anilines is 1. The van der Waals surface area contributed by atoms with Gasteiger partial charge in [0.1, 0.15) is 6.04 Å². The van der Waals surface area contributed by atoms with Crippen molar-refractivity contribution in [2.75, 3.05) is 5.32 Å². The van der Waals surface area contributed by atoms with Crippen LogP contribution in [0.1, 0.15) is 18.4 Å². The number of nitrogens with one attached hydrogen (secondary N) is 2. The number of hydrogen-bond acceptors (Lipinski definition) is 3. The van der Waals surface area contributed by atoms with E-state index in [1.54, 1.807) is 0 Å². The molecule has 0 aliphatic carbocycles. The largest absolute Gasteiger partial charge is 0.373 e. The summed E-state index contributed by atoms with van der Waals surface area (Å²) in [5, 5.41) is 5.48. The van der Waals surface area contributed by atoms with Gasteiger partial charge >= 0.3 is 0 Å². The van der Waals surface area contributed by atoms with Crippen molar-refractivity contribution in [1.82, 2.24) is 5.32 Å². The zero-order valence-electron chi connectivity index (χ0n) is 9.12. The molecule has 1 saturated heterocycles. The molecular weight excluding hydrogens is 204 g/mol. The smallest absolute Gasteiger partial charge is 0.249 e. The lowest BCUT2D eigenvalue weighted by Gasteiger charge is -2.23. The highest BCUT2D eigenvalue weighted by atomic mass is 16.2. The molecule has 0 aromatic heterocycles. The normalized spacial score (nSPS) is 20.4. The lowest BCUT2D eigenvalue weighted by atomic mass is 10.1. The number of carbonyl (C=O) groups excluding carboxylic acids is 2. The standard InChI is InChI=1S/C12H14N2O2/c1-8-4-2-3-5-9(8)13-10-6-7-11(15)14-12(10)16/h2-5,10,13H,6-7H2,1H3,(H,14,15,16). The molecule has 1 aromatic rings. The Bertz CT molecular complexity index is 429. The number of aryl methyl sites for hydroxylation is 1. The Morgan fingerprint density at radius 3 is 2.75 bits per heavy atom. The third kappa shape index (κ3) is 2.21. The molecule has 0 radical (unpaired) electrons. The third-order valence-corrected chi connectivity index (χ3v) is 2.71. The maximum absolute atomic E-state index is 11.5. The quantitative estimate of drug-likeness (QED) is 0.734. The molecule has 1 aliphatic heterocycles. The van der Waals surface area contributed by atoms with E-state index in [0.29, 0.717) is 12.8 Å². The van der Waals surface area contributed by atoms with Crippen molar-refractivity contribution in [3.63, 3.8) is 0 Å². The molecule has 4 nitrogen and oxygen atoms in total. The minimum atomic E-state index is -0.307. The van der Waals surface area contributed by atoms with E-state index in [1.165, 1.54) is 0 Å². The summed E-state index contributed by atoms with van der Waals surface area (Å²) in [7, 11) is 0. The topological polar surface area (TPSA) is 58.2 Å². The first-order valence-electron chi connectivity index (χ1n) is 5.32. The van der Waals surface area contributed by atoms with E-state index in [1.807, 2.05) is 31.2 Å². The van der Waals surface area contributed by atoms with E-state index in [4.69, 9.17) is 0 Å². The van der Waals surface area contributed by atoms with Gasteiger partial charge in [0.05, 0.1) is 0 Å². The molecular formula is C12H14N2O2. The summed E-state index contributed by atoms with van der Waals surface area (Å²) in [5.41, 5.74) is 2.03. The van der Waals surface area contributed by atoms with Crippen molar-refractivity contribution in [3.05, 3.63) is 29.8 Å². The first kappa shape index (κ1) is 10.7. The van der Waals surface area contributed by atoms with Crippen molar-refractivity contribution < 1.29 is 9.59 Å². The van der Waals surface area contributed by atoms with Crippen LogP contribution in [0.5, 0.6) is 0 Å². The van der Waals surface area contributed by atoms with Gasteiger partial charge in [-0.15, -0.1) is 0 Å². The Balaban J connectivity index is 2.08. The molecule has 1 fully saturated rings. The van der Waals surface area contributed by atoms with Gasteiger partial charge in [-0.2, -0.15) is 0 Å². The van der Waals surface area contributed by atoms with E-state index in [-0.39, 0.29) is 17.9 Å². The Morgan fingerprint density at radius 2 is 2.06 bits per heavy atom. The molecule has 0 bridgehead atoms. The molecule has 1 unspecified atom stereocenters. The van der Waals surface area contributed by atoms with E-state index in [0.717, 1.165) is 11.3 Å². The van der Waals surface area contributed by atoms with Crippen LogP contribution in [0.3, 0.4) is 0 Å². The second-order valence-electron chi connectivity index (χ2n) is 3.96. The minimum absolute atomic E-state index is 0.187. The van der Waals surface area contributed by atoms with Crippen molar-refractivity contribution in [2.45, 2.75) is 25.8 Å². The summed E-state index contributed by atoms with van der Waals surface area (Å²) in [4.78, 5) is 22.5. The molecule has 4 heteroatoms. The Labute approximate surface area is 94.0 Å². The highest BCUT2D eigenvalue weighted by Gasteiger charge is 2.26. The number of para-hydroxylation sites is 1.